The molecule has 0 saturated carbocycles. The first-order chi connectivity index (χ1) is 6.86. The van der Waals surface area contributed by atoms with Crippen LogP contribution in [0.1, 0.15) is 18.0 Å². The highest BCUT2D eigenvalue weighted by atomic mass is 32.1. The Morgan fingerprint density at radius 2 is 2.29 bits per heavy atom. The maximum Gasteiger partial charge on any atom is 0.194 e. The zero-order valence-electron chi connectivity index (χ0n) is 7.47. The summed E-state index contributed by atoms with van der Waals surface area (Å²) in [6.45, 7) is 0. The molecule has 4 heteroatoms. The van der Waals surface area contributed by atoms with Crippen LogP contribution in [-0.2, 0) is 0 Å². The molecule has 2 heterocycles. The van der Waals surface area contributed by atoms with Gasteiger partial charge in [0.1, 0.15) is 0 Å². The molecule has 0 amide bonds. The molecule has 0 spiro atoms. The summed E-state index contributed by atoms with van der Waals surface area (Å²) in [5.74, 6) is 0. The molecule has 70 valence electrons. The first-order valence-corrected chi connectivity index (χ1v) is 4.98. The topological polar surface area (TPSA) is 27.6 Å². The van der Waals surface area contributed by atoms with Crippen LogP contribution < -0.4 is 5.32 Å². The third-order valence-corrected chi connectivity index (χ3v) is 2.89. The zero-order valence-corrected chi connectivity index (χ0v) is 8.29. The number of hydrogen-bond donors (Lipinski definition) is 1. The number of nitrogens with one attached hydrogen (secondary N) is 1. The fraction of sp³-hybridized carbons (Fsp3) is 0.200. The third kappa shape index (κ3) is 0.974. The van der Waals surface area contributed by atoms with Gasteiger partial charge in [0, 0.05) is 23.9 Å². The Balaban J connectivity index is 2.14. The normalized spacial score (nSPS) is 23.0. The molecule has 0 aliphatic carbocycles. The highest BCUT2D eigenvalue weighted by molar-refractivity contribution is 7.80. The Bertz CT molecular complexity index is 427. The van der Waals surface area contributed by atoms with Crippen LogP contribution in [0.2, 0.25) is 0 Å². The van der Waals surface area contributed by atoms with E-state index in [1.807, 2.05) is 23.4 Å². The number of rotatable bonds is 0. The second-order valence-corrected chi connectivity index (χ2v) is 3.80. The Morgan fingerprint density at radius 3 is 3.21 bits per heavy atom. The van der Waals surface area contributed by atoms with E-state index in [9.17, 15) is 0 Å². The Kier molecular flexibility index (Phi) is 1.58. The minimum atomic E-state index is 0.306. The van der Waals surface area contributed by atoms with Crippen molar-refractivity contribution in [2.24, 2.45) is 5.10 Å². The molecule has 1 atom stereocenters. The molecule has 0 radical (unpaired) electrons. The highest BCUT2D eigenvalue weighted by Gasteiger charge is 2.31. The summed E-state index contributed by atoms with van der Waals surface area (Å²) in [6.07, 6.45) is 2.86. The molecule has 2 aliphatic rings. The first kappa shape index (κ1) is 7.94. The Hall–Kier alpha value is -1.42. The van der Waals surface area contributed by atoms with E-state index in [1.54, 1.807) is 0 Å². The second-order valence-electron chi connectivity index (χ2n) is 3.41. The van der Waals surface area contributed by atoms with Crippen LogP contribution in [0.5, 0.6) is 0 Å². The van der Waals surface area contributed by atoms with Gasteiger partial charge in [-0.1, -0.05) is 18.2 Å². The van der Waals surface area contributed by atoms with E-state index in [4.69, 9.17) is 12.2 Å². The number of benzene rings is 1. The van der Waals surface area contributed by atoms with Gasteiger partial charge in [-0.05, 0) is 18.3 Å². The number of hydrazone groups is 1. The maximum absolute atomic E-state index is 5.22. The molecule has 3 nitrogen and oxygen atoms in total. The van der Waals surface area contributed by atoms with Crippen LogP contribution in [0, 0.1) is 0 Å². The summed E-state index contributed by atoms with van der Waals surface area (Å²) in [6, 6.07) is 8.54. The van der Waals surface area contributed by atoms with Crippen molar-refractivity contribution in [1.82, 2.24) is 5.01 Å². The molecule has 0 aromatic heterocycles. The number of hydrogen-bond acceptors (Lipinski definition) is 2. The van der Waals surface area contributed by atoms with Crippen LogP contribution >= 0.6 is 12.2 Å². The monoisotopic (exact) mass is 203 g/mol. The molecular formula is C10H9N3S. The number of nitrogens with zero attached hydrogens (tertiary/aromatic N) is 2. The molecule has 0 fully saturated rings. The van der Waals surface area contributed by atoms with Crippen molar-refractivity contribution in [3.63, 3.8) is 0 Å². The van der Waals surface area contributed by atoms with E-state index >= 15 is 0 Å². The van der Waals surface area contributed by atoms with Gasteiger partial charge in [0.2, 0.25) is 0 Å². The van der Waals surface area contributed by atoms with Gasteiger partial charge in [-0.2, -0.15) is 5.10 Å². The Labute approximate surface area is 87.4 Å². The predicted octanol–water partition coefficient (Wildman–Crippen LogP) is 2.13. The van der Waals surface area contributed by atoms with Crippen molar-refractivity contribution in [2.45, 2.75) is 12.5 Å². The average Bonchev–Trinajstić information content (AvgIpc) is 2.67. The van der Waals surface area contributed by atoms with Crippen molar-refractivity contribution < 1.29 is 0 Å². The smallest absolute Gasteiger partial charge is 0.194 e. The number of thiocarbonyl (C=S) groups is 1. The highest BCUT2D eigenvalue weighted by Crippen LogP contribution is 2.36. The van der Waals surface area contributed by atoms with E-state index in [2.05, 4.69) is 22.6 Å². The summed E-state index contributed by atoms with van der Waals surface area (Å²) < 4.78 is 0. The molecule has 1 aromatic rings. The van der Waals surface area contributed by atoms with Gasteiger partial charge in [-0.15, -0.1) is 0 Å². The first-order valence-electron chi connectivity index (χ1n) is 4.58. The number of fused-ring (bicyclic) bond motifs is 3. The van der Waals surface area contributed by atoms with E-state index in [1.165, 1.54) is 5.56 Å². The minimum absolute atomic E-state index is 0.306. The summed E-state index contributed by atoms with van der Waals surface area (Å²) in [4.78, 5) is 0. The fourth-order valence-electron chi connectivity index (χ4n) is 1.94. The summed E-state index contributed by atoms with van der Waals surface area (Å²) in [7, 11) is 0. The van der Waals surface area contributed by atoms with Crippen LogP contribution in [0.15, 0.2) is 29.4 Å². The summed E-state index contributed by atoms with van der Waals surface area (Å²) >= 11 is 5.22. The molecule has 3 rings (SSSR count). The van der Waals surface area contributed by atoms with Gasteiger partial charge in [0.05, 0.1) is 6.04 Å². The van der Waals surface area contributed by atoms with Crippen LogP contribution in [0.3, 0.4) is 0 Å². The van der Waals surface area contributed by atoms with Crippen LogP contribution in [-0.4, -0.2) is 16.3 Å². The molecule has 14 heavy (non-hydrogen) atoms. The van der Waals surface area contributed by atoms with Crippen LogP contribution in [0.4, 0.5) is 5.69 Å². The van der Waals surface area contributed by atoms with Gasteiger partial charge in [-0.3, -0.25) is 0 Å². The van der Waals surface area contributed by atoms with Crippen LogP contribution in [0.25, 0.3) is 0 Å². The standard InChI is InChI=1S/C10H9N3S/c14-10-12-8-4-2-1-3-7(8)9-5-6-11-13(9)10/h1-4,6,9H,5H2,(H,12,14)/t9-/m0/s1. The lowest BCUT2D eigenvalue weighted by molar-refractivity contribution is 0.370. The molecule has 2 aliphatic heterocycles. The van der Waals surface area contributed by atoms with E-state index in [0.717, 1.165) is 12.1 Å². The van der Waals surface area contributed by atoms with Gasteiger partial charge in [-0.25, -0.2) is 5.01 Å². The molecule has 1 aromatic carbocycles. The van der Waals surface area contributed by atoms with E-state index in [-0.39, 0.29) is 0 Å². The molecule has 0 unspecified atom stereocenters. The van der Waals surface area contributed by atoms with Crippen molar-refractivity contribution in [3.05, 3.63) is 29.8 Å². The third-order valence-electron chi connectivity index (χ3n) is 2.60. The SMILES string of the molecule is S=C1Nc2ccccc2[C@@H]2CC=NN12. The van der Waals surface area contributed by atoms with Crippen molar-refractivity contribution in [3.8, 4) is 0 Å². The molecule has 0 saturated heterocycles. The molecular weight excluding hydrogens is 194 g/mol. The lowest BCUT2D eigenvalue weighted by Crippen LogP contribution is -2.36. The average molecular weight is 203 g/mol. The van der Waals surface area contributed by atoms with Gasteiger partial charge < -0.3 is 5.32 Å². The van der Waals surface area contributed by atoms with Crippen molar-refractivity contribution in [1.29, 1.82) is 0 Å². The largest absolute Gasteiger partial charge is 0.331 e. The number of para-hydroxylation sites is 1. The fourth-order valence-corrected chi connectivity index (χ4v) is 2.23. The van der Waals surface area contributed by atoms with Gasteiger partial charge in [0.25, 0.3) is 0 Å². The predicted molar refractivity (Wildman–Crippen MR) is 60.4 cm³/mol. The summed E-state index contributed by atoms with van der Waals surface area (Å²) in [5.41, 5.74) is 2.39. The quantitative estimate of drug-likeness (QED) is 0.654. The Morgan fingerprint density at radius 1 is 1.43 bits per heavy atom. The van der Waals surface area contributed by atoms with E-state index < -0.39 is 0 Å². The lowest BCUT2D eigenvalue weighted by atomic mass is 10.0. The van der Waals surface area contributed by atoms with E-state index in [0.29, 0.717) is 11.2 Å². The minimum Gasteiger partial charge on any atom is -0.331 e. The summed E-state index contributed by atoms with van der Waals surface area (Å²) in [5, 5.41) is 9.99. The van der Waals surface area contributed by atoms with Gasteiger partial charge >= 0.3 is 0 Å². The van der Waals surface area contributed by atoms with Gasteiger partial charge in [0.15, 0.2) is 5.11 Å². The molecule has 0 bridgehead atoms. The van der Waals surface area contributed by atoms with Crippen molar-refractivity contribution >= 4 is 29.2 Å². The second kappa shape index (κ2) is 2.78. The zero-order chi connectivity index (χ0) is 9.54. The van der Waals surface area contributed by atoms with Crippen molar-refractivity contribution in [2.75, 3.05) is 5.32 Å². The number of anilines is 1. The lowest BCUT2D eigenvalue weighted by Gasteiger charge is -2.31. The maximum atomic E-state index is 5.22. The molecule has 1 N–H and O–H groups in total.